The fourth-order valence-electron chi connectivity index (χ4n) is 2.12. The molecule has 23 heavy (non-hydrogen) atoms. The van der Waals surface area contributed by atoms with Crippen molar-refractivity contribution in [2.45, 2.75) is 13.5 Å². The third kappa shape index (κ3) is 3.52. The van der Waals surface area contributed by atoms with Crippen LogP contribution in [0.15, 0.2) is 40.0 Å². The summed E-state index contributed by atoms with van der Waals surface area (Å²) in [5.74, 6) is -0.359. The van der Waals surface area contributed by atoms with Crippen molar-refractivity contribution in [3.63, 3.8) is 0 Å². The van der Waals surface area contributed by atoms with Crippen LogP contribution in [0.2, 0.25) is 5.02 Å². The van der Waals surface area contributed by atoms with Gasteiger partial charge in [-0.15, -0.1) is 0 Å². The second-order valence-corrected chi connectivity index (χ2v) is 6.08. The van der Waals surface area contributed by atoms with Gasteiger partial charge in [0, 0.05) is 24.2 Å². The third-order valence-corrected chi connectivity index (χ3v) is 4.43. The SMILES string of the molecule is CCOCCn1c(=NC(=O)c2ccno2)sc2cc(Cl)ccc21. The minimum absolute atomic E-state index is 0.108. The molecule has 0 atom stereocenters. The number of aromatic nitrogens is 2. The predicted octanol–water partition coefficient (Wildman–Crippen LogP) is 3.12. The average molecular weight is 352 g/mol. The molecule has 0 N–H and O–H groups in total. The standard InChI is InChI=1S/C15H14ClN3O3S/c1-2-21-8-7-19-11-4-3-10(16)9-13(11)23-15(19)18-14(20)12-5-6-17-22-12/h3-6,9H,2,7-8H2,1H3. The summed E-state index contributed by atoms with van der Waals surface area (Å²) in [5, 5.41) is 4.17. The van der Waals surface area contributed by atoms with Gasteiger partial charge in [0.05, 0.1) is 23.0 Å². The Morgan fingerprint density at radius 3 is 3.09 bits per heavy atom. The van der Waals surface area contributed by atoms with Crippen molar-refractivity contribution in [3.8, 4) is 0 Å². The Morgan fingerprint density at radius 2 is 2.35 bits per heavy atom. The first-order valence-electron chi connectivity index (χ1n) is 7.05. The number of carbonyl (C=O) groups excluding carboxylic acids is 1. The molecule has 0 aliphatic heterocycles. The van der Waals surface area contributed by atoms with Crippen LogP contribution < -0.4 is 4.80 Å². The van der Waals surface area contributed by atoms with Crippen molar-refractivity contribution in [1.82, 2.24) is 9.72 Å². The summed E-state index contributed by atoms with van der Waals surface area (Å²) in [7, 11) is 0. The first-order chi connectivity index (χ1) is 11.2. The quantitative estimate of drug-likeness (QED) is 0.662. The molecule has 0 spiro atoms. The van der Waals surface area contributed by atoms with Crippen molar-refractivity contribution in [2.75, 3.05) is 13.2 Å². The maximum atomic E-state index is 12.1. The molecular weight excluding hydrogens is 338 g/mol. The number of halogens is 1. The lowest BCUT2D eigenvalue weighted by Crippen LogP contribution is -2.19. The van der Waals surface area contributed by atoms with Crippen molar-refractivity contribution in [2.24, 2.45) is 4.99 Å². The molecule has 3 aromatic rings. The lowest BCUT2D eigenvalue weighted by Gasteiger charge is -2.05. The topological polar surface area (TPSA) is 69.6 Å². The minimum Gasteiger partial charge on any atom is -0.380 e. The van der Waals surface area contributed by atoms with E-state index < -0.39 is 5.91 Å². The highest BCUT2D eigenvalue weighted by molar-refractivity contribution is 7.16. The Kier molecular flexibility index (Phi) is 4.90. The van der Waals surface area contributed by atoms with Crippen LogP contribution >= 0.6 is 22.9 Å². The van der Waals surface area contributed by atoms with E-state index in [0.717, 1.165) is 10.2 Å². The van der Waals surface area contributed by atoms with Gasteiger partial charge < -0.3 is 13.8 Å². The van der Waals surface area contributed by atoms with Gasteiger partial charge >= 0.3 is 5.91 Å². The van der Waals surface area contributed by atoms with E-state index >= 15 is 0 Å². The molecule has 120 valence electrons. The van der Waals surface area contributed by atoms with Crippen molar-refractivity contribution < 1.29 is 14.1 Å². The van der Waals surface area contributed by atoms with Crippen LogP contribution in [-0.4, -0.2) is 28.8 Å². The first kappa shape index (κ1) is 15.9. The number of ether oxygens (including phenoxy) is 1. The van der Waals surface area contributed by atoms with E-state index in [1.807, 2.05) is 29.7 Å². The van der Waals surface area contributed by atoms with E-state index in [1.165, 1.54) is 23.6 Å². The summed E-state index contributed by atoms with van der Waals surface area (Å²) >= 11 is 7.44. The van der Waals surface area contributed by atoms with E-state index in [-0.39, 0.29) is 5.76 Å². The molecule has 8 heteroatoms. The van der Waals surface area contributed by atoms with Crippen LogP contribution in [0, 0.1) is 0 Å². The van der Waals surface area contributed by atoms with E-state index in [1.54, 1.807) is 0 Å². The van der Waals surface area contributed by atoms with Crippen LogP contribution in [0.5, 0.6) is 0 Å². The highest BCUT2D eigenvalue weighted by Crippen LogP contribution is 2.22. The summed E-state index contributed by atoms with van der Waals surface area (Å²) in [6, 6.07) is 7.07. The molecular formula is C15H14ClN3O3S. The van der Waals surface area contributed by atoms with Gasteiger partial charge in [-0.1, -0.05) is 28.1 Å². The molecule has 2 heterocycles. The number of thiazole rings is 1. The van der Waals surface area contributed by atoms with Gasteiger partial charge in [-0.2, -0.15) is 4.99 Å². The Hall–Kier alpha value is -1.96. The number of carbonyl (C=O) groups is 1. The van der Waals surface area contributed by atoms with Crippen LogP contribution in [0.25, 0.3) is 10.2 Å². The van der Waals surface area contributed by atoms with Crippen molar-refractivity contribution in [3.05, 3.63) is 46.0 Å². The lowest BCUT2D eigenvalue weighted by molar-refractivity contribution is 0.0961. The zero-order chi connectivity index (χ0) is 16.2. The predicted molar refractivity (Wildman–Crippen MR) is 87.7 cm³/mol. The normalized spacial score (nSPS) is 12.2. The van der Waals surface area contributed by atoms with E-state index in [9.17, 15) is 4.79 Å². The average Bonchev–Trinajstić information content (AvgIpc) is 3.16. The van der Waals surface area contributed by atoms with Gasteiger partial charge in [0.1, 0.15) is 0 Å². The van der Waals surface area contributed by atoms with Crippen LogP contribution in [0.1, 0.15) is 17.5 Å². The smallest absolute Gasteiger partial charge is 0.318 e. The molecule has 2 aromatic heterocycles. The number of nitrogens with zero attached hydrogens (tertiary/aromatic N) is 3. The van der Waals surface area contributed by atoms with Crippen LogP contribution in [0.3, 0.4) is 0 Å². The number of hydrogen-bond donors (Lipinski definition) is 0. The first-order valence-corrected chi connectivity index (χ1v) is 8.25. The molecule has 0 saturated carbocycles. The Morgan fingerprint density at radius 1 is 1.48 bits per heavy atom. The Balaban J connectivity index is 2.06. The summed E-state index contributed by atoms with van der Waals surface area (Å²) in [4.78, 5) is 16.9. The van der Waals surface area contributed by atoms with E-state index in [0.29, 0.717) is 29.6 Å². The molecule has 0 fully saturated rings. The fraction of sp³-hybridized carbons (Fsp3) is 0.267. The third-order valence-electron chi connectivity index (χ3n) is 3.15. The molecule has 1 aromatic carbocycles. The van der Waals surface area contributed by atoms with Gasteiger partial charge in [-0.25, -0.2) is 0 Å². The lowest BCUT2D eigenvalue weighted by atomic mass is 10.3. The zero-order valence-corrected chi connectivity index (χ0v) is 13.9. The number of hydrogen-bond acceptors (Lipinski definition) is 5. The van der Waals surface area contributed by atoms with Gasteiger partial charge in [0.15, 0.2) is 4.80 Å². The molecule has 0 aliphatic carbocycles. The number of fused-ring (bicyclic) bond motifs is 1. The summed E-state index contributed by atoms with van der Waals surface area (Å²) < 4.78 is 13.2. The van der Waals surface area contributed by atoms with Crippen LogP contribution in [-0.2, 0) is 11.3 Å². The summed E-state index contributed by atoms with van der Waals surface area (Å²) in [6.07, 6.45) is 1.41. The monoisotopic (exact) mass is 351 g/mol. The molecule has 6 nitrogen and oxygen atoms in total. The van der Waals surface area contributed by atoms with Gasteiger partial charge in [0.2, 0.25) is 5.76 Å². The Labute approximate surface area is 141 Å². The molecule has 3 rings (SSSR count). The maximum absolute atomic E-state index is 12.1. The van der Waals surface area contributed by atoms with Crippen molar-refractivity contribution >= 4 is 39.1 Å². The maximum Gasteiger partial charge on any atom is 0.318 e. The van der Waals surface area contributed by atoms with E-state index in [2.05, 4.69) is 10.1 Å². The second kappa shape index (κ2) is 7.08. The number of rotatable bonds is 5. The summed E-state index contributed by atoms with van der Waals surface area (Å²) in [6.45, 7) is 3.71. The van der Waals surface area contributed by atoms with Crippen LogP contribution in [0.4, 0.5) is 0 Å². The molecule has 0 unspecified atom stereocenters. The van der Waals surface area contributed by atoms with Gasteiger partial charge in [-0.3, -0.25) is 4.79 Å². The van der Waals surface area contributed by atoms with Crippen molar-refractivity contribution in [1.29, 1.82) is 0 Å². The Bertz CT molecular complexity index is 883. The molecule has 0 bridgehead atoms. The van der Waals surface area contributed by atoms with Gasteiger partial charge in [0.25, 0.3) is 0 Å². The number of amides is 1. The zero-order valence-electron chi connectivity index (χ0n) is 12.4. The molecule has 0 aliphatic rings. The molecule has 0 saturated heterocycles. The second-order valence-electron chi connectivity index (χ2n) is 4.64. The number of benzene rings is 1. The highest BCUT2D eigenvalue weighted by Gasteiger charge is 2.12. The van der Waals surface area contributed by atoms with Gasteiger partial charge in [-0.05, 0) is 25.1 Å². The molecule has 1 amide bonds. The van der Waals surface area contributed by atoms with E-state index in [4.69, 9.17) is 20.9 Å². The highest BCUT2D eigenvalue weighted by atomic mass is 35.5. The fourth-order valence-corrected chi connectivity index (χ4v) is 3.45. The largest absolute Gasteiger partial charge is 0.380 e. The summed E-state index contributed by atoms with van der Waals surface area (Å²) in [5.41, 5.74) is 0.961. The minimum atomic E-state index is -0.467. The molecule has 0 radical (unpaired) electrons.